The van der Waals surface area contributed by atoms with Crippen molar-refractivity contribution in [2.75, 3.05) is 6.61 Å². The van der Waals surface area contributed by atoms with Gasteiger partial charge in [0.05, 0.1) is 0 Å². The van der Waals surface area contributed by atoms with E-state index < -0.39 is 82.1 Å². The van der Waals surface area contributed by atoms with Crippen molar-refractivity contribution in [3.63, 3.8) is 0 Å². The van der Waals surface area contributed by atoms with Crippen LogP contribution in [0.4, 0.5) is 13.2 Å². The highest BCUT2D eigenvalue weighted by Crippen LogP contribution is 2.42. The summed E-state index contributed by atoms with van der Waals surface area (Å²) >= 11 is 6.39. The largest absolute Gasteiger partial charge is 0.534 e. The van der Waals surface area contributed by atoms with Crippen molar-refractivity contribution in [2.24, 2.45) is 0 Å². The van der Waals surface area contributed by atoms with Gasteiger partial charge >= 0.3 is 39.5 Å². The molecule has 0 saturated carbocycles. The second-order valence-corrected chi connectivity index (χ2v) is 11.9. The number of aliphatic hydroxyl groups is 1. The summed E-state index contributed by atoms with van der Waals surface area (Å²) in [7, 11) is -5.89. The third-order valence-electron chi connectivity index (χ3n) is 6.32. The van der Waals surface area contributed by atoms with Gasteiger partial charge in [0.2, 0.25) is 11.9 Å². The van der Waals surface area contributed by atoms with Crippen LogP contribution in [0, 0.1) is 0 Å². The van der Waals surface area contributed by atoms with Crippen molar-refractivity contribution in [1.82, 2.24) is 0 Å². The summed E-state index contributed by atoms with van der Waals surface area (Å²) in [6, 6.07) is 8.48. The predicted molar refractivity (Wildman–Crippen MR) is 148 cm³/mol. The van der Waals surface area contributed by atoms with Gasteiger partial charge in [-0.15, -0.1) is 0 Å². The average Bonchev–Trinajstić information content (AvgIpc) is 2.92. The Hall–Kier alpha value is -3.93. The number of rotatable bonds is 10. The molecule has 2 aromatic carbocycles. The lowest BCUT2D eigenvalue weighted by Gasteiger charge is -2.48. The molecule has 0 radical (unpaired) electrons. The zero-order valence-electron chi connectivity index (χ0n) is 24.5. The van der Waals surface area contributed by atoms with Crippen LogP contribution in [0.2, 0.25) is 5.02 Å². The molecular weight excluding hydrogens is 669 g/mol. The standard InChI is InChI=1S/C28H28ClF3O13S/c1-14(33)40-13-23-24(41-15(2)34)25(42-16(3)35)26(43-17(4)36)27(37,44-23)20-7-10-22(29)19(12-20)11-18-5-8-21(9-6-18)45-46(38,39)28(30,31)32/h5-10,12,23-26,37H,11,13H2,1-4H3/t23-,24-,25+,26-,27?/m1/s1. The molecular formula is C28H28ClF3O13S. The molecule has 0 amide bonds. The highest BCUT2D eigenvalue weighted by molar-refractivity contribution is 7.88. The first-order valence-electron chi connectivity index (χ1n) is 13.2. The summed E-state index contributed by atoms with van der Waals surface area (Å²) in [5.74, 6) is -6.74. The van der Waals surface area contributed by atoms with E-state index >= 15 is 0 Å². The number of carbonyl (C=O) groups excluding carboxylic acids is 4. The maximum absolute atomic E-state index is 12.7. The minimum absolute atomic E-state index is 0.0341. The van der Waals surface area contributed by atoms with Gasteiger partial charge in [-0.05, 0) is 41.8 Å². The number of esters is 4. The summed E-state index contributed by atoms with van der Waals surface area (Å²) in [5.41, 5.74) is -5.04. The SMILES string of the molecule is CC(=O)OC[C@H]1OC(O)(c2ccc(Cl)c(Cc3ccc(OS(=O)(=O)C(F)(F)F)cc3)c2)[C@H](OC(C)=O)[C@@H](OC(C)=O)[C@@H]1OC(C)=O. The van der Waals surface area contributed by atoms with Gasteiger partial charge < -0.3 is 33.0 Å². The van der Waals surface area contributed by atoms with E-state index in [1.165, 1.54) is 30.3 Å². The Morgan fingerprint density at radius 1 is 0.891 bits per heavy atom. The van der Waals surface area contributed by atoms with E-state index in [-0.39, 0.29) is 22.6 Å². The fourth-order valence-electron chi connectivity index (χ4n) is 4.50. The van der Waals surface area contributed by atoms with Crippen molar-refractivity contribution in [3.8, 4) is 5.75 Å². The molecule has 1 fully saturated rings. The van der Waals surface area contributed by atoms with Gasteiger partial charge in [-0.1, -0.05) is 29.8 Å². The van der Waals surface area contributed by atoms with E-state index in [1.807, 2.05) is 0 Å². The average molecular weight is 697 g/mol. The minimum atomic E-state index is -5.89. The molecule has 0 aliphatic carbocycles. The van der Waals surface area contributed by atoms with Crippen LogP contribution in [-0.2, 0) is 65.2 Å². The van der Waals surface area contributed by atoms with Crippen LogP contribution in [0.25, 0.3) is 0 Å². The van der Waals surface area contributed by atoms with E-state index in [0.717, 1.165) is 39.8 Å². The molecule has 1 aliphatic rings. The topological polar surface area (TPSA) is 178 Å². The Kier molecular flexibility index (Phi) is 11.3. The molecule has 252 valence electrons. The molecule has 1 heterocycles. The van der Waals surface area contributed by atoms with Gasteiger partial charge in [0.15, 0.2) is 12.2 Å². The fourth-order valence-corrected chi connectivity index (χ4v) is 5.15. The number of benzene rings is 2. The van der Waals surface area contributed by atoms with Crippen molar-refractivity contribution in [1.29, 1.82) is 0 Å². The highest BCUT2D eigenvalue weighted by atomic mass is 35.5. The van der Waals surface area contributed by atoms with E-state index in [2.05, 4.69) is 4.18 Å². The van der Waals surface area contributed by atoms with Gasteiger partial charge in [-0.25, -0.2) is 0 Å². The lowest BCUT2D eigenvalue weighted by molar-refractivity contribution is -0.360. The first-order valence-corrected chi connectivity index (χ1v) is 15.0. The first-order chi connectivity index (χ1) is 21.2. The normalized spacial score (nSPS) is 23.2. The maximum atomic E-state index is 12.7. The van der Waals surface area contributed by atoms with E-state index in [4.69, 9.17) is 35.3 Å². The Labute approximate surface area is 265 Å². The van der Waals surface area contributed by atoms with Crippen molar-refractivity contribution in [3.05, 3.63) is 64.2 Å². The van der Waals surface area contributed by atoms with Crippen LogP contribution in [0.3, 0.4) is 0 Å². The highest BCUT2D eigenvalue weighted by Gasteiger charge is 2.60. The van der Waals surface area contributed by atoms with Crippen LogP contribution in [-0.4, -0.2) is 73.9 Å². The molecule has 0 aromatic heterocycles. The molecule has 1 saturated heterocycles. The summed E-state index contributed by atoms with van der Waals surface area (Å²) in [6.07, 6.45) is -6.56. The number of alkyl halides is 3. The Morgan fingerprint density at radius 2 is 1.46 bits per heavy atom. The van der Waals surface area contributed by atoms with Crippen LogP contribution in [0.15, 0.2) is 42.5 Å². The Morgan fingerprint density at radius 3 is 1.98 bits per heavy atom. The van der Waals surface area contributed by atoms with E-state index in [9.17, 15) is 45.9 Å². The Bertz CT molecular complexity index is 1580. The fraction of sp³-hybridized carbons (Fsp3) is 0.429. The smallest absolute Gasteiger partial charge is 0.463 e. The van der Waals surface area contributed by atoms with Crippen LogP contribution >= 0.6 is 11.6 Å². The summed E-state index contributed by atoms with van der Waals surface area (Å²) < 4.78 is 91.6. The molecule has 13 nitrogen and oxygen atoms in total. The number of ether oxygens (including phenoxy) is 5. The number of hydrogen-bond acceptors (Lipinski definition) is 13. The molecule has 2 aromatic rings. The number of carbonyl (C=O) groups is 4. The van der Waals surface area contributed by atoms with Gasteiger partial charge in [0.25, 0.3) is 0 Å². The maximum Gasteiger partial charge on any atom is 0.534 e. The summed E-state index contributed by atoms with van der Waals surface area (Å²) in [6.45, 7) is 3.53. The minimum Gasteiger partial charge on any atom is -0.463 e. The summed E-state index contributed by atoms with van der Waals surface area (Å²) in [4.78, 5) is 47.9. The zero-order chi connectivity index (χ0) is 34.6. The molecule has 5 atom stereocenters. The van der Waals surface area contributed by atoms with Gasteiger partial charge in [0.1, 0.15) is 18.5 Å². The number of halogens is 4. The molecule has 46 heavy (non-hydrogen) atoms. The lowest BCUT2D eigenvalue weighted by Crippen LogP contribution is -2.66. The van der Waals surface area contributed by atoms with Crippen LogP contribution in [0.1, 0.15) is 44.4 Å². The summed E-state index contributed by atoms with van der Waals surface area (Å²) in [5, 5.41) is 12.2. The van der Waals surface area contributed by atoms with Crippen LogP contribution in [0.5, 0.6) is 5.75 Å². The molecule has 3 rings (SSSR count). The molecule has 0 bridgehead atoms. The molecule has 1 N–H and O–H groups in total. The third kappa shape index (κ3) is 8.86. The van der Waals surface area contributed by atoms with Crippen molar-refractivity contribution in [2.45, 2.75) is 69.8 Å². The molecule has 1 aliphatic heterocycles. The van der Waals surface area contributed by atoms with Crippen molar-refractivity contribution < 1.29 is 73.7 Å². The number of hydrogen-bond donors (Lipinski definition) is 1. The van der Waals surface area contributed by atoms with Gasteiger partial charge in [-0.2, -0.15) is 21.6 Å². The second-order valence-electron chi connectivity index (χ2n) is 9.94. The predicted octanol–water partition coefficient (Wildman–Crippen LogP) is 3.06. The van der Waals surface area contributed by atoms with Crippen molar-refractivity contribution >= 4 is 45.6 Å². The van der Waals surface area contributed by atoms with Gasteiger partial charge in [-0.3, -0.25) is 19.2 Å². The van der Waals surface area contributed by atoms with E-state index in [1.54, 1.807) is 0 Å². The third-order valence-corrected chi connectivity index (χ3v) is 7.67. The molecule has 1 unspecified atom stereocenters. The van der Waals surface area contributed by atoms with Crippen LogP contribution < -0.4 is 4.18 Å². The van der Waals surface area contributed by atoms with Gasteiger partial charge in [0, 0.05) is 38.3 Å². The lowest BCUT2D eigenvalue weighted by atomic mass is 9.86. The molecule has 0 spiro atoms. The zero-order valence-corrected chi connectivity index (χ0v) is 26.1. The monoisotopic (exact) mass is 696 g/mol. The first kappa shape index (κ1) is 36.5. The Balaban J connectivity index is 2.06. The second kappa shape index (κ2) is 14.2. The molecule has 18 heteroatoms. The van der Waals surface area contributed by atoms with E-state index in [0.29, 0.717) is 5.56 Å². The quantitative estimate of drug-likeness (QED) is 0.166.